The number of carbonyl (C=O) groups excluding carboxylic acids is 1. The predicted octanol–water partition coefficient (Wildman–Crippen LogP) is 3.15. The zero-order valence-electron chi connectivity index (χ0n) is 10.7. The Morgan fingerprint density at radius 3 is 2.85 bits per heavy atom. The Kier molecular flexibility index (Phi) is 4.59. The van der Waals surface area contributed by atoms with Crippen LogP contribution < -0.4 is 0 Å². The number of nitrogens with zero attached hydrogens (tertiary/aromatic N) is 3. The van der Waals surface area contributed by atoms with Crippen LogP contribution in [0.2, 0.25) is 0 Å². The first kappa shape index (κ1) is 14.8. The monoisotopic (exact) mass is 343 g/mol. The summed E-state index contributed by atoms with van der Waals surface area (Å²) in [6.45, 7) is 2.64. The summed E-state index contributed by atoms with van der Waals surface area (Å²) in [5.74, 6) is -1.90. The van der Waals surface area contributed by atoms with E-state index in [1.165, 1.54) is 12.4 Å². The van der Waals surface area contributed by atoms with E-state index in [1.54, 1.807) is 4.68 Å². The first-order valence-electron chi connectivity index (χ1n) is 6.08. The fourth-order valence-electron chi connectivity index (χ4n) is 1.80. The molecule has 0 unspecified atom stereocenters. The molecule has 1 aromatic heterocycles. The van der Waals surface area contributed by atoms with Gasteiger partial charge in [0.2, 0.25) is 0 Å². The van der Waals surface area contributed by atoms with Crippen molar-refractivity contribution in [3.05, 3.63) is 46.0 Å². The molecule has 0 atom stereocenters. The lowest BCUT2D eigenvalue weighted by molar-refractivity contribution is 0.0988. The molecule has 7 heteroatoms. The average Bonchev–Trinajstić information content (AvgIpc) is 2.84. The fourth-order valence-corrected chi connectivity index (χ4v) is 2.35. The summed E-state index contributed by atoms with van der Waals surface area (Å²) in [4.78, 5) is 16.2. The smallest absolute Gasteiger partial charge is 0.173 e. The first-order valence-corrected chi connectivity index (χ1v) is 6.87. The second-order valence-corrected chi connectivity index (χ2v) is 5.02. The van der Waals surface area contributed by atoms with Crippen LogP contribution in [-0.4, -0.2) is 20.5 Å². The normalized spacial score (nSPS) is 10.8. The Bertz CT molecular complexity index is 643. The number of ketones is 1. The Morgan fingerprint density at radius 2 is 2.15 bits per heavy atom. The van der Waals surface area contributed by atoms with Crippen molar-refractivity contribution >= 4 is 21.7 Å². The molecule has 20 heavy (non-hydrogen) atoms. The molecular formula is C13H12BrF2N3O. The molecular weight excluding hydrogens is 332 g/mol. The molecule has 0 saturated carbocycles. The van der Waals surface area contributed by atoms with Gasteiger partial charge in [0.15, 0.2) is 17.4 Å². The van der Waals surface area contributed by atoms with Crippen LogP contribution in [-0.2, 0) is 13.0 Å². The second kappa shape index (κ2) is 6.21. The van der Waals surface area contributed by atoms with Crippen molar-refractivity contribution in [2.75, 3.05) is 0 Å². The number of aromatic nitrogens is 3. The van der Waals surface area contributed by atoms with Gasteiger partial charge in [0.25, 0.3) is 0 Å². The molecule has 0 saturated heterocycles. The molecule has 0 bridgehead atoms. The molecule has 4 nitrogen and oxygen atoms in total. The standard InChI is InChI=1S/C13H12BrF2N3O/c1-2-5-19-11(17-7-18-19)6-10(20)8-3-4-9(15)13(16)12(8)14/h3-4,7H,2,5-6H2,1H3. The molecule has 1 aromatic carbocycles. The number of benzene rings is 1. The van der Waals surface area contributed by atoms with Gasteiger partial charge in [0.1, 0.15) is 12.2 Å². The first-order chi connectivity index (χ1) is 9.54. The van der Waals surface area contributed by atoms with Gasteiger partial charge in [-0.1, -0.05) is 6.92 Å². The molecule has 0 aliphatic rings. The highest BCUT2D eigenvalue weighted by molar-refractivity contribution is 9.10. The lowest BCUT2D eigenvalue weighted by Gasteiger charge is -2.06. The number of aryl methyl sites for hydroxylation is 1. The molecule has 0 radical (unpaired) electrons. The SMILES string of the molecule is CCCn1ncnc1CC(=O)c1ccc(F)c(F)c1Br. The Labute approximate surface area is 123 Å². The second-order valence-electron chi connectivity index (χ2n) is 4.22. The van der Waals surface area contributed by atoms with Crippen molar-refractivity contribution in [3.8, 4) is 0 Å². The number of carbonyl (C=O) groups is 1. The third kappa shape index (κ3) is 2.92. The number of rotatable bonds is 5. The van der Waals surface area contributed by atoms with Crippen LogP contribution in [0.25, 0.3) is 0 Å². The largest absolute Gasteiger partial charge is 0.294 e. The van der Waals surface area contributed by atoms with E-state index in [-0.39, 0.29) is 22.2 Å². The van der Waals surface area contributed by atoms with Gasteiger partial charge in [0, 0.05) is 12.1 Å². The van der Waals surface area contributed by atoms with Gasteiger partial charge in [-0.3, -0.25) is 4.79 Å². The summed E-state index contributed by atoms with van der Waals surface area (Å²) in [6.07, 6.45) is 2.22. The minimum Gasteiger partial charge on any atom is -0.294 e. The van der Waals surface area contributed by atoms with E-state index in [1.807, 2.05) is 6.92 Å². The quantitative estimate of drug-likeness (QED) is 0.618. The van der Waals surface area contributed by atoms with Crippen LogP contribution in [0.1, 0.15) is 29.5 Å². The molecule has 0 N–H and O–H groups in total. The summed E-state index contributed by atoms with van der Waals surface area (Å²) >= 11 is 2.91. The van der Waals surface area contributed by atoms with Crippen LogP contribution in [0.5, 0.6) is 0 Å². The van der Waals surface area contributed by atoms with Gasteiger partial charge in [0.05, 0.1) is 10.9 Å². The molecule has 0 aliphatic carbocycles. The van der Waals surface area contributed by atoms with E-state index >= 15 is 0 Å². The number of hydrogen-bond acceptors (Lipinski definition) is 3. The van der Waals surface area contributed by atoms with Gasteiger partial charge >= 0.3 is 0 Å². The van der Waals surface area contributed by atoms with Gasteiger partial charge in [-0.25, -0.2) is 18.4 Å². The van der Waals surface area contributed by atoms with Crippen molar-refractivity contribution in [3.63, 3.8) is 0 Å². The van der Waals surface area contributed by atoms with Gasteiger partial charge in [-0.15, -0.1) is 0 Å². The predicted molar refractivity (Wildman–Crippen MR) is 72.4 cm³/mol. The summed E-state index contributed by atoms with van der Waals surface area (Å²) in [5, 5.41) is 4.01. The molecule has 0 amide bonds. The maximum atomic E-state index is 13.4. The van der Waals surface area contributed by atoms with Crippen molar-refractivity contribution in [2.24, 2.45) is 0 Å². The highest BCUT2D eigenvalue weighted by atomic mass is 79.9. The minimum atomic E-state index is -1.06. The topological polar surface area (TPSA) is 47.8 Å². The third-order valence-corrected chi connectivity index (χ3v) is 3.56. The van der Waals surface area contributed by atoms with Crippen molar-refractivity contribution in [1.82, 2.24) is 14.8 Å². The molecule has 1 heterocycles. The Hall–Kier alpha value is -1.63. The van der Waals surface area contributed by atoms with E-state index in [9.17, 15) is 13.6 Å². The van der Waals surface area contributed by atoms with Crippen LogP contribution in [0.4, 0.5) is 8.78 Å². The zero-order chi connectivity index (χ0) is 14.7. The van der Waals surface area contributed by atoms with Gasteiger partial charge < -0.3 is 0 Å². The van der Waals surface area contributed by atoms with Crippen LogP contribution in [0.3, 0.4) is 0 Å². The van der Waals surface area contributed by atoms with Gasteiger partial charge in [-0.05, 0) is 34.5 Å². The highest BCUT2D eigenvalue weighted by Crippen LogP contribution is 2.24. The molecule has 0 aliphatic heterocycles. The maximum absolute atomic E-state index is 13.4. The summed E-state index contributed by atoms with van der Waals surface area (Å²) < 4.78 is 27.9. The summed E-state index contributed by atoms with van der Waals surface area (Å²) in [5.41, 5.74) is 0.0925. The molecule has 2 aromatic rings. The van der Waals surface area contributed by atoms with Crippen molar-refractivity contribution in [2.45, 2.75) is 26.3 Å². The molecule has 106 valence electrons. The van der Waals surface area contributed by atoms with Crippen LogP contribution >= 0.6 is 15.9 Å². The third-order valence-electron chi connectivity index (χ3n) is 2.79. The number of hydrogen-bond donors (Lipinski definition) is 0. The fraction of sp³-hybridized carbons (Fsp3) is 0.308. The number of halogens is 3. The van der Waals surface area contributed by atoms with Crippen molar-refractivity contribution in [1.29, 1.82) is 0 Å². The molecule has 0 fully saturated rings. The highest BCUT2D eigenvalue weighted by Gasteiger charge is 2.18. The summed E-state index contributed by atoms with van der Waals surface area (Å²) in [7, 11) is 0. The summed E-state index contributed by atoms with van der Waals surface area (Å²) in [6, 6.07) is 2.19. The van der Waals surface area contributed by atoms with E-state index in [4.69, 9.17) is 0 Å². The lowest BCUT2D eigenvalue weighted by Crippen LogP contribution is -2.12. The van der Waals surface area contributed by atoms with E-state index in [0.717, 1.165) is 12.5 Å². The van der Waals surface area contributed by atoms with Crippen LogP contribution in [0.15, 0.2) is 22.9 Å². The van der Waals surface area contributed by atoms with Crippen molar-refractivity contribution < 1.29 is 13.6 Å². The van der Waals surface area contributed by atoms with E-state index < -0.39 is 11.6 Å². The minimum absolute atomic E-state index is 0.0102. The zero-order valence-corrected chi connectivity index (χ0v) is 12.3. The number of Topliss-reactive ketones (excluding diaryl/α,β-unsaturated/α-hetero) is 1. The Balaban J connectivity index is 2.24. The maximum Gasteiger partial charge on any atom is 0.173 e. The molecule has 0 spiro atoms. The molecule has 2 rings (SSSR count). The van der Waals surface area contributed by atoms with Crippen LogP contribution in [0, 0.1) is 11.6 Å². The average molecular weight is 344 g/mol. The Morgan fingerprint density at radius 1 is 1.40 bits per heavy atom. The van der Waals surface area contributed by atoms with E-state index in [2.05, 4.69) is 26.0 Å². The van der Waals surface area contributed by atoms with Gasteiger partial charge in [-0.2, -0.15) is 5.10 Å². The van der Waals surface area contributed by atoms with E-state index in [0.29, 0.717) is 12.4 Å². The lowest BCUT2D eigenvalue weighted by atomic mass is 10.1.